The number of sulfonamides is 1. The Hall–Kier alpha value is -4.08. The Morgan fingerprint density at radius 2 is 1.68 bits per heavy atom. The lowest BCUT2D eigenvalue weighted by atomic mass is 10.0. The molecule has 8 nitrogen and oxygen atoms in total. The molecule has 0 saturated carbocycles. The second kappa shape index (κ2) is 11.1. The predicted octanol–water partition coefficient (Wildman–Crippen LogP) is 4.89. The second-order valence-corrected chi connectivity index (χ2v) is 10.4. The van der Waals surface area contributed by atoms with Crippen LogP contribution in [0.5, 0.6) is 5.75 Å². The first kappa shape index (κ1) is 27.0. The van der Waals surface area contributed by atoms with Gasteiger partial charge in [0, 0.05) is 25.3 Å². The number of nitrogens with zero attached hydrogens (tertiary/aromatic N) is 4. The van der Waals surface area contributed by atoms with E-state index >= 15 is 0 Å². The molecule has 3 aromatic rings. The third-order valence-corrected chi connectivity index (χ3v) is 7.95. The summed E-state index contributed by atoms with van der Waals surface area (Å²) < 4.78 is 70.1. The molecule has 4 rings (SSSR count). The molecule has 1 saturated heterocycles. The molecule has 38 heavy (non-hydrogen) atoms. The van der Waals surface area contributed by atoms with Gasteiger partial charge in [-0.3, -0.25) is 0 Å². The zero-order chi connectivity index (χ0) is 27.3. The van der Waals surface area contributed by atoms with Crippen LogP contribution in [0.25, 0.3) is 0 Å². The van der Waals surface area contributed by atoms with Gasteiger partial charge in [0.1, 0.15) is 5.75 Å². The molecule has 0 amide bonds. The molecular weight excluding hydrogens is 519 g/mol. The third kappa shape index (κ3) is 6.24. The van der Waals surface area contributed by atoms with E-state index in [1.807, 2.05) is 43.4 Å². The molecule has 0 aromatic heterocycles. The Balaban J connectivity index is 1.64. The molecular formula is C26H24F3N5O3S. The van der Waals surface area contributed by atoms with Crippen LogP contribution in [-0.2, 0) is 10.0 Å². The maximum absolute atomic E-state index is 13.7. The number of ether oxygens (including phenoxy) is 1. The highest BCUT2D eigenvalue weighted by Crippen LogP contribution is 2.33. The van der Waals surface area contributed by atoms with Gasteiger partial charge in [-0.05, 0) is 48.4 Å². The van der Waals surface area contributed by atoms with E-state index in [2.05, 4.69) is 15.0 Å². The Labute approximate surface area is 218 Å². The van der Waals surface area contributed by atoms with Gasteiger partial charge in [-0.1, -0.05) is 48.5 Å². The number of aliphatic imine (C=N–C) groups is 1. The number of rotatable bonds is 5. The normalized spacial score (nSPS) is 17.1. The molecule has 0 aliphatic carbocycles. The van der Waals surface area contributed by atoms with E-state index in [1.54, 1.807) is 29.2 Å². The summed E-state index contributed by atoms with van der Waals surface area (Å²) in [4.78, 5) is 5.60. The molecule has 12 heteroatoms. The number of guanidine groups is 1. The Bertz CT molecular complexity index is 1440. The number of benzene rings is 3. The molecule has 1 aliphatic rings. The molecule has 0 radical (unpaired) electrons. The molecule has 198 valence electrons. The van der Waals surface area contributed by atoms with Crippen molar-refractivity contribution in [1.82, 2.24) is 9.21 Å². The van der Waals surface area contributed by atoms with Gasteiger partial charge in [0.25, 0.3) is 0 Å². The van der Waals surface area contributed by atoms with Crippen molar-refractivity contribution in [2.75, 3.05) is 25.0 Å². The fourth-order valence-corrected chi connectivity index (χ4v) is 5.80. The van der Waals surface area contributed by atoms with E-state index in [4.69, 9.17) is 0 Å². The first-order chi connectivity index (χ1) is 18.1. The van der Waals surface area contributed by atoms with Gasteiger partial charge in [0.15, 0.2) is 0 Å². The minimum atomic E-state index is -4.88. The first-order valence-electron chi connectivity index (χ1n) is 11.6. The summed E-state index contributed by atoms with van der Waals surface area (Å²) in [5.41, 5.74) is 2.41. The number of nitriles is 1. The molecule has 1 N–H and O–H groups in total. The molecule has 1 atom stereocenters. The second-order valence-electron chi connectivity index (χ2n) is 8.48. The zero-order valence-corrected chi connectivity index (χ0v) is 21.1. The van der Waals surface area contributed by atoms with E-state index in [-0.39, 0.29) is 30.5 Å². The Kier molecular flexibility index (Phi) is 7.89. The highest BCUT2D eigenvalue weighted by molar-refractivity contribution is 7.89. The molecule has 0 bridgehead atoms. The van der Waals surface area contributed by atoms with Gasteiger partial charge in [-0.2, -0.15) is 9.57 Å². The van der Waals surface area contributed by atoms with Crippen molar-refractivity contribution in [3.8, 4) is 11.9 Å². The fraction of sp³-hybridized carbons (Fsp3) is 0.231. The van der Waals surface area contributed by atoms with E-state index in [0.29, 0.717) is 5.56 Å². The molecule has 1 fully saturated rings. The van der Waals surface area contributed by atoms with Gasteiger partial charge in [-0.15, -0.1) is 18.2 Å². The van der Waals surface area contributed by atoms with E-state index in [1.165, 1.54) is 4.31 Å². The predicted molar refractivity (Wildman–Crippen MR) is 136 cm³/mol. The third-order valence-electron chi connectivity index (χ3n) is 6.03. The summed E-state index contributed by atoms with van der Waals surface area (Å²) in [6.07, 6.45) is -3.08. The van der Waals surface area contributed by atoms with Gasteiger partial charge in [-0.25, -0.2) is 8.42 Å². The highest BCUT2D eigenvalue weighted by Gasteiger charge is 2.38. The Morgan fingerprint density at radius 1 is 1.03 bits per heavy atom. The van der Waals surface area contributed by atoms with Crippen LogP contribution in [-0.4, -0.2) is 49.6 Å². The molecule has 1 aliphatic heterocycles. The number of hydrogen-bond donors (Lipinski definition) is 1. The Morgan fingerprint density at radius 3 is 2.32 bits per heavy atom. The van der Waals surface area contributed by atoms with Crippen LogP contribution in [0.1, 0.15) is 17.2 Å². The maximum Gasteiger partial charge on any atom is 0.573 e. The van der Waals surface area contributed by atoms with Crippen molar-refractivity contribution >= 4 is 21.7 Å². The molecule has 0 spiro atoms. The van der Waals surface area contributed by atoms with Crippen molar-refractivity contribution in [1.29, 1.82) is 5.26 Å². The van der Waals surface area contributed by atoms with E-state index < -0.39 is 28.2 Å². The number of nitrogens with one attached hydrogen (secondary N) is 1. The number of para-hydroxylation sites is 1. The largest absolute Gasteiger partial charge is 0.573 e. The summed E-state index contributed by atoms with van der Waals surface area (Å²) in [5.74, 6) is -0.228. The minimum absolute atomic E-state index is 0.0442. The lowest BCUT2D eigenvalue weighted by molar-refractivity contribution is -0.274. The number of aryl methyl sites for hydroxylation is 1. The summed E-state index contributed by atoms with van der Waals surface area (Å²) >= 11 is 0. The van der Waals surface area contributed by atoms with Crippen LogP contribution >= 0.6 is 0 Å². The summed E-state index contributed by atoms with van der Waals surface area (Å²) in [5, 5.41) is 12.5. The maximum atomic E-state index is 13.7. The van der Waals surface area contributed by atoms with Crippen LogP contribution < -0.4 is 10.1 Å². The number of piperazine rings is 1. The van der Waals surface area contributed by atoms with Crippen molar-refractivity contribution < 1.29 is 26.3 Å². The number of anilines is 1. The zero-order valence-electron chi connectivity index (χ0n) is 20.3. The average Bonchev–Trinajstić information content (AvgIpc) is 2.89. The van der Waals surface area contributed by atoms with E-state index in [0.717, 1.165) is 35.5 Å². The molecule has 1 unspecified atom stereocenters. The highest BCUT2D eigenvalue weighted by atomic mass is 32.2. The standard InChI is InChI=1S/C26H24F3N5O3S/c1-19-7-5-6-10-23(19)32-25(31-18-30)33-15-16-34(24(17-33)20-8-3-2-4-9-20)38(35,36)22-13-11-21(12-14-22)37-26(27,28)29/h2-14,24H,15-17H2,1H3,(H,31,32). The van der Waals surface area contributed by atoms with Crippen molar-refractivity contribution in [3.05, 3.63) is 90.0 Å². The average molecular weight is 544 g/mol. The lowest BCUT2D eigenvalue weighted by Crippen LogP contribution is -2.53. The minimum Gasteiger partial charge on any atom is -0.406 e. The first-order valence-corrected chi connectivity index (χ1v) is 13.0. The quantitative estimate of drug-likeness (QED) is 0.280. The van der Waals surface area contributed by atoms with Crippen molar-refractivity contribution in [3.63, 3.8) is 0 Å². The topological polar surface area (TPSA) is 98.0 Å². The fourth-order valence-electron chi connectivity index (χ4n) is 4.20. The summed E-state index contributed by atoms with van der Waals surface area (Å²) in [6, 6.07) is 19.9. The van der Waals surface area contributed by atoms with Crippen LogP contribution in [0.3, 0.4) is 0 Å². The van der Waals surface area contributed by atoms with Gasteiger partial charge in [0.05, 0.1) is 10.9 Å². The van der Waals surface area contributed by atoms with Crippen molar-refractivity contribution in [2.45, 2.75) is 24.2 Å². The van der Waals surface area contributed by atoms with Crippen LogP contribution in [0.2, 0.25) is 0 Å². The monoisotopic (exact) mass is 543 g/mol. The summed E-state index contributed by atoms with van der Waals surface area (Å²) in [6.45, 7) is 2.35. The van der Waals surface area contributed by atoms with Gasteiger partial charge < -0.3 is 15.0 Å². The number of alkyl halides is 3. The van der Waals surface area contributed by atoms with Gasteiger partial charge in [0.2, 0.25) is 22.2 Å². The van der Waals surface area contributed by atoms with Crippen LogP contribution in [0, 0.1) is 18.4 Å². The number of hydrogen-bond acceptors (Lipinski definition) is 5. The smallest absolute Gasteiger partial charge is 0.406 e. The summed E-state index contributed by atoms with van der Waals surface area (Å²) in [7, 11) is -4.10. The van der Waals surface area contributed by atoms with E-state index in [9.17, 15) is 26.9 Å². The molecule has 1 heterocycles. The van der Waals surface area contributed by atoms with Crippen molar-refractivity contribution in [2.24, 2.45) is 4.99 Å². The molecule has 3 aromatic carbocycles. The van der Waals surface area contributed by atoms with Gasteiger partial charge >= 0.3 is 6.36 Å². The lowest BCUT2D eigenvalue weighted by Gasteiger charge is -2.41. The van der Waals surface area contributed by atoms with Crippen LogP contribution in [0.15, 0.2) is 88.8 Å². The number of halogens is 3. The van der Waals surface area contributed by atoms with Crippen LogP contribution in [0.4, 0.5) is 18.9 Å². The SMILES string of the molecule is Cc1ccccc1N/C(=N\C#N)N1CCN(S(=O)(=O)c2ccc(OC(F)(F)F)cc2)C(c2ccccc2)C1.